The Bertz CT molecular complexity index is 383. The third-order valence-corrected chi connectivity index (χ3v) is 2.45. The number of nitrogens with zero attached hydrogens (tertiary/aromatic N) is 2. The monoisotopic (exact) mass is 193 g/mol. The van der Waals surface area contributed by atoms with Gasteiger partial charge in [-0.2, -0.15) is 5.10 Å². The van der Waals surface area contributed by atoms with Gasteiger partial charge in [-0.05, 0) is 0 Å². The first-order valence-corrected chi connectivity index (χ1v) is 4.55. The molecule has 0 bridgehead atoms. The predicted octanol–water partition coefficient (Wildman–Crippen LogP) is 0.474. The number of aromatic amines is 1. The Morgan fingerprint density at radius 2 is 2.43 bits per heavy atom. The standard InChI is InChI=1S/C9H11N3O2/c1-2-9(14)12-3-6-7(4-12)10-11-8(6)5-13/h5H,2-4H2,1H3,(H,10,11). The molecule has 1 aliphatic heterocycles. The molecular weight excluding hydrogens is 182 g/mol. The molecule has 0 unspecified atom stereocenters. The second-order valence-corrected chi connectivity index (χ2v) is 3.29. The van der Waals surface area contributed by atoms with Gasteiger partial charge in [-0.3, -0.25) is 14.7 Å². The number of nitrogens with one attached hydrogen (secondary N) is 1. The fourth-order valence-corrected chi connectivity index (χ4v) is 1.66. The molecule has 5 heteroatoms. The molecule has 0 saturated heterocycles. The minimum atomic E-state index is 0.103. The van der Waals surface area contributed by atoms with Gasteiger partial charge in [-0.15, -0.1) is 0 Å². The summed E-state index contributed by atoms with van der Waals surface area (Å²) in [5.41, 5.74) is 2.17. The van der Waals surface area contributed by atoms with E-state index >= 15 is 0 Å². The van der Waals surface area contributed by atoms with Crippen molar-refractivity contribution in [3.05, 3.63) is 17.0 Å². The molecule has 1 aliphatic rings. The van der Waals surface area contributed by atoms with E-state index < -0.39 is 0 Å². The quantitative estimate of drug-likeness (QED) is 0.694. The molecule has 5 nitrogen and oxygen atoms in total. The average molecular weight is 193 g/mol. The molecule has 1 aromatic rings. The summed E-state index contributed by atoms with van der Waals surface area (Å²) in [5, 5.41) is 6.62. The molecule has 0 fully saturated rings. The van der Waals surface area contributed by atoms with E-state index in [1.54, 1.807) is 4.90 Å². The maximum Gasteiger partial charge on any atom is 0.222 e. The van der Waals surface area contributed by atoms with Crippen molar-refractivity contribution in [3.8, 4) is 0 Å². The second kappa shape index (κ2) is 3.25. The van der Waals surface area contributed by atoms with E-state index in [1.165, 1.54) is 0 Å². The fraction of sp³-hybridized carbons (Fsp3) is 0.444. The molecule has 0 aliphatic carbocycles. The summed E-state index contributed by atoms with van der Waals surface area (Å²) in [6.45, 7) is 2.88. The lowest BCUT2D eigenvalue weighted by Gasteiger charge is -2.13. The van der Waals surface area contributed by atoms with Crippen LogP contribution in [0.4, 0.5) is 0 Å². The zero-order valence-corrected chi connectivity index (χ0v) is 7.91. The second-order valence-electron chi connectivity index (χ2n) is 3.29. The van der Waals surface area contributed by atoms with Crippen LogP contribution in [0.1, 0.15) is 35.1 Å². The van der Waals surface area contributed by atoms with Gasteiger partial charge in [0.2, 0.25) is 5.91 Å². The van der Waals surface area contributed by atoms with Gasteiger partial charge < -0.3 is 4.90 Å². The van der Waals surface area contributed by atoms with Crippen LogP contribution in [-0.4, -0.2) is 27.3 Å². The number of carbonyl (C=O) groups is 2. The topological polar surface area (TPSA) is 66.1 Å². The molecule has 14 heavy (non-hydrogen) atoms. The van der Waals surface area contributed by atoms with Crippen LogP contribution in [-0.2, 0) is 17.9 Å². The van der Waals surface area contributed by atoms with Crippen molar-refractivity contribution < 1.29 is 9.59 Å². The highest BCUT2D eigenvalue weighted by molar-refractivity contribution is 5.79. The number of aldehydes is 1. The highest BCUT2D eigenvalue weighted by atomic mass is 16.2. The van der Waals surface area contributed by atoms with Gasteiger partial charge in [0.1, 0.15) is 5.69 Å². The molecule has 1 amide bonds. The summed E-state index contributed by atoms with van der Waals surface area (Å²) in [4.78, 5) is 23.7. The molecule has 0 spiro atoms. The van der Waals surface area contributed by atoms with Gasteiger partial charge in [0.05, 0.1) is 18.8 Å². The first-order valence-electron chi connectivity index (χ1n) is 4.55. The Labute approximate surface area is 81.1 Å². The van der Waals surface area contributed by atoms with Crippen LogP contribution in [0.3, 0.4) is 0 Å². The number of H-pyrrole nitrogens is 1. The van der Waals surface area contributed by atoms with Gasteiger partial charge in [0, 0.05) is 12.0 Å². The van der Waals surface area contributed by atoms with Gasteiger partial charge in [0.15, 0.2) is 6.29 Å². The van der Waals surface area contributed by atoms with Crippen molar-refractivity contribution in [1.29, 1.82) is 0 Å². The number of hydrogen-bond donors (Lipinski definition) is 1. The van der Waals surface area contributed by atoms with Crippen LogP contribution < -0.4 is 0 Å². The van der Waals surface area contributed by atoms with E-state index in [-0.39, 0.29) is 5.91 Å². The zero-order chi connectivity index (χ0) is 10.1. The molecule has 2 rings (SSSR count). The Kier molecular flexibility index (Phi) is 2.07. The van der Waals surface area contributed by atoms with Crippen molar-refractivity contribution in [3.63, 3.8) is 0 Å². The van der Waals surface area contributed by atoms with E-state index in [0.717, 1.165) is 17.5 Å². The summed E-state index contributed by atoms with van der Waals surface area (Å²) >= 11 is 0. The van der Waals surface area contributed by atoms with E-state index in [1.807, 2.05) is 6.92 Å². The highest BCUT2D eigenvalue weighted by Gasteiger charge is 2.26. The largest absolute Gasteiger partial charge is 0.332 e. The van der Waals surface area contributed by atoms with Crippen molar-refractivity contribution in [2.45, 2.75) is 26.4 Å². The first kappa shape index (κ1) is 8.93. The summed E-state index contributed by atoms with van der Waals surface area (Å²) in [6.07, 6.45) is 1.21. The maximum absolute atomic E-state index is 11.4. The number of carbonyl (C=O) groups excluding carboxylic acids is 2. The van der Waals surface area contributed by atoms with Crippen LogP contribution in [0.2, 0.25) is 0 Å². The third kappa shape index (κ3) is 1.21. The highest BCUT2D eigenvalue weighted by Crippen LogP contribution is 2.23. The van der Waals surface area contributed by atoms with Crippen molar-refractivity contribution in [1.82, 2.24) is 15.1 Å². The van der Waals surface area contributed by atoms with Gasteiger partial charge in [0.25, 0.3) is 0 Å². The lowest BCUT2D eigenvalue weighted by molar-refractivity contribution is -0.131. The predicted molar refractivity (Wildman–Crippen MR) is 48.5 cm³/mol. The molecular formula is C9H11N3O2. The normalized spacial score (nSPS) is 14.2. The molecule has 74 valence electrons. The zero-order valence-electron chi connectivity index (χ0n) is 7.91. The van der Waals surface area contributed by atoms with Crippen molar-refractivity contribution >= 4 is 12.2 Å². The summed E-state index contributed by atoms with van der Waals surface area (Å²) in [6, 6.07) is 0. The number of amides is 1. The molecule has 1 N–H and O–H groups in total. The van der Waals surface area contributed by atoms with E-state index in [2.05, 4.69) is 10.2 Å². The summed E-state index contributed by atoms with van der Waals surface area (Å²) in [7, 11) is 0. The molecule has 0 aromatic carbocycles. The van der Waals surface area contributed by atoms with Gasteiger partial charge in [-0.1, -0.05) is 6.92 Å². The van der Waals surface area contributed by atoms with Crippen molar-refractivity contribution in [2.75, 3.05) is 0 Å². The van der Waals surface area contributed by atoms with Crippen LogP contribution in [0.25, 0.3) is 0 Å². The molecule has 1 aromatic heterocycles. The lowest BCUT2D eigenvalue weighted by Crippen LogP contribution is -2.24. The minimum Gasteiger partial charge on any atom is -0.332 e. The molecule has 0 atom stereocenters. The van der Waals surface area contributed by atoms with E-state index in [9.17, 15) is 9.59 Å². The molecule has 0 saturated carbocycles. The maximum atomic E-state index is 11.4. The van der Waals surface area contributed by atoms with Gasteiger partial charge >= 0.3 is 0 Å². The Hall–Kier alpha value is -1.65. The van der Waals surface area contributed by atoms with Crippen LogP contribution in [0.5, 0.6) is 0 Å². The number of rotatable bonds is 2. The van der Waals surface area contributed by atoms with E-state index in [4.69, 9.17) is 0 Å². The number of hydrogen-bond acceptors (Lipinski definition) is 3. The lowest BCUT2D eigenvalue weighted by atomic mass is 10.2. The van der Waals surface area contributed by atoms with Crippen LogP contribution >= 0.6 is 0 Å². The smallest absolute Gasteiger partial charge is 0.222 e. The van der Waals surface area contributed by atoms with Crippen molar-refractivity contribution in [2.24, 2.45) is 0 Å². The number of aromatic nitrogens is 2. The SMILES string of the molecule is CCC(=O)N1Cc2[nH]nc(C=O)c2C1. The minimum absolute atomic E-state index is 0.103. The Morgan fingerprint density at radius 1 is 1.64 bits per heavy atom. The third-order valence-electron chi connectivity index (χ3n) is 2.45. The molecule has 0 radical (unpaired) electrons. The van der Waals surface area contributed by atoms with Crippen LogP contribution in [0.15, 0.2) is 0 Å². The first-order chi connectivity index (χ1) is 6.76. The Balaban J connectivity index is 2.22. The average Bonchev–Trinajstić information content (AvgIpc) is 2.74. The van der Waals surface area contributed by atoms with Crippen LogP contribution in [0, 0.1) is 0 Å². The Morgan fingerprint density at radius 3 is 3.07 bits per heavy atom. The van der Waals surface area contributed by atoms with Gasteiger partial charge in [-0.25, -0.2) is 0 Å². The summed E-state index contributed by atoms with van der Waals surface area (Å²) < 4.78 is 0. The van der Waals surface area contributed by atoms with E-state index in [0.29, 0.717) is 25.2 Å². The summed E-state index contributed by atoms with van der Waals surface area (Å²) in [5.74, 6) is 0.103. The fourth-order valence-electron chi connectivity index (χ4n) is 1.66. The molecule has 2 heterocycles. The number of fused-ring (bicyclic) bond motifs is 1.